The highest BCUT2D eigenvalue weighted by atomic mass is 16.5. The molecule has 2 fully saturated rings. The van der Waals surface area contributed by atoms with Crippen LogP contribution in [0, 0.1) is 19.8 Å². The Hall–Kier alpha value is -2.21. The highest BCUT2D eigenvalue weighted by molar-refractivity contribution is 5.94. The van der Waals surface area contributed by atoms with Gasteiger partial charge in [-0.05, 0) is 38.3 Å². The second-order valence-electron chi connectivity index (χ2n) is 6.95. The van der Waals surface area contributed by atoms with Crippen molar-refractivity contribution >= 4 is 5.91 Å². The standard InChI is InChI=1S/C18H22N4O2/c1-12-17(13(2)24-20-12)11-21-8-14-6-16(10-21)22(9-14)18(23)15-4-3-5-19-7-15/h3-5,7,14,16H,6,8-11H2,1-2H3. The fourth-order valence-corrected chi connectivity index (χ4v) is 4.04. The molecule has 2 aliphatic rings. The summed E-state index contributed by atoms with van der Waals surface area (Å²) in [5.41, 5.74) is 2.83. The van der Waals surface area contributed by atoms with Gasteiger partial charge in [0.2, 0.25) is 0 Å². The third-order valence-corrected chi connectivity index (χ3v) is 5.22. The number of piperidine rings is 1. The zero-order valence-corrected chi connectivity index (χ0v) is 14.1. The summed E-state index contributed by atoms with van der Waals surface area (Å²) in [7, 11) is 0. The number of nitrogens with zero attached hydrogens (tertiary/aromatic N) is 4. The summed E-state index contributed by atoms with van der Waals surface area (Å²) in [6.45, 7) is 7.58. The summed E-state index contributed by atoms with van der Waals surface area (Å²) in [5.74, 6) is 1.55. The largest absolute Gasteiger partial charge is 0.361 e. The first-order valence-corrected chi connectivity index (χ1v) is 8.47. The van der Waals surface area contributed by atoms with E-state index in [0.29, 0.717) is 11.5 Å². The van der Waals surface area contributed by atoms with E-state index in [1.807, 2.05) is 30.9 Å². The summed E-state index contributed by atoms with van der Waals surface area (Å²) in [6.07, 6.45) is 4.46. The Bertz CT molecular complexity index is 723. The molecule has 6 heteroatoms. The summed E-state index contributed by atoms with van der Waals surface area (Å²) in [4.78, 5) is 21.3. The number of pyridine rings is 1. The van der Waals surface area contributed by atoms with Crippen LogP contribution in [0.5, 0.6) is 0 Å². The van der Waals surface area contributed by atoms with Gasteiger partial charge in [-0.25, -0.2) is 0 Å². The maximum atomic E-state index is 12.8. The number of amides is 1. The van der Waals surface area contributed by atoms with Crippen LogP contribution in [0.2, 0.25) is 0 Å². The SMILES string of the molecule is Cc1noc(C)c1CN1CC2CC(C1)N(C(=O)c1cccnc1)C2. The van der Waals surface area contributed by atoms with Gasteiger partial charge in [-0.1, -0.05) is 5.16 Å². The lowest BCUT2D eigenvalue weighted by molar-refractivity contribution is 0.0711. The van der Waals surface area contributed by atoms with E-state index in [4.69, 9.17) is 4.52 Å². The third-order valence-electron chi connectivity index (χ3n) is 5.22. The molecule has 0 N–H and O–H groups in total. The number of hydrogen-bond donors (Lipinski definition) is 0. The maximum absolute atomic E-state index is 12.8. The van der Waals surface area contributed by atoms with Gasteiger partial charge < -0.3 is 9.42 Å². The molecule has 126 valence electrons. The number of likely N-dealkylation sites (tertiary alicyclic amines) is 2. The minimum absolute atomic E-state index is 0.106. The van der Waals surface area contributed by atoms with Gasteiger partial charge in [-0.15, -0.1) is 0 Å². The molecule has 0 saturated carbocycles. The Kier molecular flexibility index (Phi) is 3.84. The molecule has 2 aromatic heterocycles. The van der Waals surface area contributed by atoms with Crippen LogP contribution in [0.4, 0.5) is 0 Å². The number of rotatable bonds is 3. The second-order valence-corrected chi connectivity index (χ2v) is 6.95. The van der Waals surface area contributed by atoms with Gasteiger partial charge in [0.25, 0.3) is 5.91 Å². The van der Waals surface area contributed by atoms with Crippen molar-refractivity contribution in [2.24, 2.45) is 5.92 Å². The Morgan fingerprint density at radius 3 is 2.92 bits per heavy atom. The van der Waals surface area contributed by atoms with E-state index in [1.165, 1.54) is 5.56 Å². The van der Waals surface area contributed by atoms with Crippen molar-refractivity contribution in [1.82, 2.24) is 19.9 Å². The van der Waals surface area contributed by atoms with Crippen molar-refractivity contribution in [3.63, 3.8) is 0 Å². The predicted octanol–water partition coefficient (Wildman–Crippen LogP) is 2.03. The van der Waals surface area contributed by atoms with Crippen molar-refractivity contribution in [3.05, 3.63) is 47.1 Å². The van der Waals surface area contributed by atoms with Crippen molar-refractivity contribution < 1.29 is 9.32 Å². The Balaban J connectivity index is 1.47. The van der Waals surface area contributed by atoms with Crippen LogP contribution < -0.4 is 0 Å². The number of fused-ring (bicyclic) bond motifs is 2. The molecule has 2 saturated heterocycles. The maximum Gasteiger partial charge on any atom is 0.255 e. The molecule has 0 aromatic carbocycles. The molecule has 0 aliphatic carbocycles. The number of hydrogen-bond acceptors (Lipinski definition) is 5. The molecular weight excluding hydrogens is 304 g/mol. The molecule has 6 nitrogen and oxygen atoms in total. The minimum atomic E-state index is 0.106. The van der Waals surface area contributed by atoms with Crippen molar-refractivity contribution in [1.29, 1.82) is 0 Å². The molecule has 0 radical (unpaired) electrons. The third kappa shape index (κ3) is 2.71. The molecule has 2 aromatic rings. The molecule has 2 unspecified atom stereocenters. The molecule has 1 amide bonds. The Labute approximate surface area is 141 Å². The predicted molar refractivity (Wildman–Crippen MR) is 88.4 cm³/mol. The zero-order valence-electron chi connectivity index (χ0n) is 14.1. The molecule has 0 spiro atoms. The molecule has 2 atom stereocenters. The van der Waals surface area contributed by atoms with Gasteiger partial charge in [0.15, 0.2) is 0 Å². The van der Waals surface area contributed by atoms with E-state index in [9.17, 15) is 4.79 Å². The number of aryl methyl sites for hydroxylation is 2. The van der Waals surface area contributed by atoms with Crippen LogP contribution in [0.15, 0.2) is 29.0 Å². The Morgan fingerprint density at radius 2 is 2.21 bits per heavy atom. The van der Waals surface area contributed by atoms with Crippen LogP contribution in [-0.2, 0) is 6.54 Å². The molecule has 2 aliphatic heterocycles. The number of carbonyl (C=O) groups is 1. The molecule has 4 rings (SSSR count). The Morgan fingerprint density at radius 1 is 1.33 bits per heavy atom. The quantitative estimate of drug-likeness (QED) is 0.864. The summed E-state index contributed by atoms with van der Waals surface area (Å²) in [5, 5.41) is 4.05. The van der Waals surface area contributed by atoms with E-state index >= 15 is 0 Å². The lowest BCUT2D eigenvalue weighted by Crippen LogP contribution is -2.43. The molecule has 4 heterocycles. The lowest BCUT2D eigenvalue weighted by Gasteiger charge is -2.32. The summed E-state index contributed by atoms with van der Waals surface area (Å²) >= 11 is 0. The van der Waals surface area contributed by atoms with Gasteiger partial charge in [-0.2, -0.15) is 0 Å². The van der Waals surface area contributed by atoms with E-state index in [2.05, 4.69) is 15.0 Å². The molecule has 2 bridgehead atoms. The highest BCUT2D eigenvalue weighted by Gasteiger charge is 2.41. The zero-order chi connectivity index (χ0) is 16.7. The van der Waals surface area contributed by atoms with Gasteiger partial charge in [0.05, 0.1) is 11.3 Å². The lowest BCUT2D eigenvalue weighted by atomic mass is 9.99. The van der Waals surface area contributed by atoms with Gasteiger partial charge >= 0.3 is 0 Å². The van der Waals surface area contributed by atoms with Crippen LogP contribution >= 0.6 is 0 Å². The van der Waals surface area contributed by atoms with Gasteiger partial charge in [0.1, 0.15) is 5.76 Å². The number of aromatic nitrogens is 2. The van der Waals surface area contributed by atoms with Crippen molar-refractivity contribution in [2.45, 2.75) is 32.9 Å². The summed E-state index contributed by atoms with van der Waals surface area (Å²) in [6, 6.07) is 3.95. The van der Waals surface area contributed by atoms with Crippen LogP contribution in [0.25, 0.3) is 0 Å². The fraction of sp³-hybridized carbons (Fsp3) is 0.500. The average molecular weight is 326 g/mol. The van der Waals surface area contributed by atoms with Crippen LogP contribution in [0.3, 0.4) is 0 Å². The normalized spacial score (nSPS) is 23.7. The molecular formula is C18H22N4O2. The van der Waals surface area contributed by atoms with E-state index in [-0.39, 0.29) is 11.9 Å². The van der Waals surface area contributed by atoms with Crippen molar-refractivity contribution in [2.75, 3.05) is 19.6 Å². The first-order chi connectivity index (χ1) is 11.6. The minimum Gasteiger partial charge on any atom is -0.361 e. The fourth-order valence-electron chi connectivity index (χ4n) is 4.04. The smallest absolute Gasteiger partial charge is 0.255 e. The summed E-state index contributed by atoms with van der Waals surface area (Å²) < 4.78 is 5.28. The van der Waals surface area contributed by atoms with Gasteiger partial charge in [0, 0.05) is 50.2 Å². The van der Waals surface area contributed by atoms with Crippen LogP contribution in [-0.4, -0.2) is 51.5 Å². The first-order valence-electron chi connectivity index (χ1n) is 8.47. The van der Waals surface area contributed by atoms with Crippen molar-refractivity contribution in [3.8, 4) is 0 Å². The topological polar surface area (TPSA) is 62.5 Å². The van der Waals surface area contributed by atoms with Gasteiger partial charge in [-0.3, -0.25) is 14.7 Å². The second kappa shape index (κ2) is 6.02. The van der Waals surface area contributed by atoms with E-state index in [0.717, 1.165) is 44.1 Å². The van der Waals surface area contributed by atoms with E-state index < -0.39 is 0 Å². The highest BCUT2D eigenvalue weighted by Crippen LogP contribution is 2.32. The van der Waals surface area contributed by atoms with E-state index in [1.54, 1.807) is 12.4 Å². The van der Waals surface area contributed by atoms with Crippen LogP contribution in [0.1, 0.15) is 33.8 Å². The molecule has 24 heavy (non-hydrogen) atoms. The monoisotopic (exact) mass is 326 g/mol. The average Bonchev–Trinajstić information content (AvgIpc) is 3.07. The number of carbonyl (C=O) groups excluding carboxylic acids is 1. The first kappa shape index (κ1) is 15.3.